The van der Waals surface area contributed by atoms with Crippen molar-refractivity contribution in [1.29, 1.82) is 0 Å². The van der Waals surface area contributed by atoms with E-state index in [-0.39, 0.29) is 12.5 Å². The van der Waals surface area contributed by atoms with E-state index < -0.39 is 11.4 Å². The molecule has 110 valence electrons. The largest absolute Gasteiger partial charge is 0.388 e. The fourth-order valence-electron chi connectivity index (χ4n) is 3.01. The van der Waals surface area contributed by atoms with E-state index in [4.69, 9.17) is 0 Å². The zero-order valence-corrected chi connectivity index (χ0v) is 12.1. The average molecular weight is 279 g/mol. The van der Waals surface area contributed by atoms with Gasteiger partial charge < -0.3 is 10.4 Å². The summed E-state index contributed by atoms with van der Waals surface area (Å²) in [5.74, 6) is -0.276. The molecule has 20 heavy (non-hydrogen) atoms. The quantitative estimate of drug-likeness (QED) is 0.894. The van der Waals surface area contributed by atoms with E-state index in [9.17, 15) is 14.3 Å². The zero-order valence-electron chi connectivity index (χ0n) is 12.1. The second-order valence-corrected chi connectivity index (χ2v) is 6.13. The van der Waals surface area contributed by atoms with Gasteiger partial charge in [-0.25, -0.2) is 4.39 Å². The van der Waals surface area contributed by atoms with Crippen LogP contribution in [0.25, 0.3) is 0 Å². The molecule has 2 rings (SSSR count). The lowest BCUT2D eigenvalue weighted by Gasteiger charge is -2.35. The van der Waals surface area contributed by atoms with Gasteiger partial charge in [-0.05, 0) is 49.4 Å². The molecule has 1 amide bonds. The van der Waals surface area contributed by atoms with Crippen molar-refractivity contribution in [3.05, 3.63) is 35.1 Å². The summed E-state index contributed by atoms with van der Waals surface area (Å²) in [4.78, 5) is 12.0. The van der Waals surface area contributed by atoms with Gasteiger partial charge in [-0.1, -0.05) is 19.8 Å². The van der Waals surface area contributed by atoms with Crippen LogP contribution in [0, 0.1) is 18.7 Å². The van der Waals surface area contributed by atoms with Crippen LogP contribution in [-0.4, -0.2) is 23.2 Å². The van der Waals surface area contributed by atoms with Crippen molar-refractivity contribution in [2.45, 2.75) is 45.1 Å². The smallest absolute Gasteiger partial charge is 0.251 e. The predicted octanol–water partition coefficient (Wildman–Crippen LogP) is 2.81. The van der Waals surface area contributed by atoms with Crippen molar-refractivity contribution in [1.82, 2.24) is 5.32 Å². The van der Waals surface area contributed by atoms with E-state index in [1.807, 2.05) is 0 Å². The van der Waals surface area contributed by atoms with Crippen LogP contribution in [0.2, 0.25) is 0 Å². The molecule has 1 aliphatic carbocycles. The Morgan fingerprint density at radius 2 is 2.25 bits per heavy atom. The Hall–Kier alpha value is -1.42. The Bertz CT molecular complexity index is 483. The number of nitrogens with one attached hydrogen (secondary N) is 1. The Kier molecular flexibility index (Phi) is 4.43. The molecule has 0 heterocycles. The summed E-state index contributed by atoms with van der Waals surface area (Å²) in [5.41, 5.74) is 0.186. The third kappa shape index (κ3) is 3.79. The van der Waals surface area contributed by atoms with Gasteiger partial charge in [0.25, 0.3) is 5.91 Å². The molecule has 4 heteroatoms. The van der Waals surface area contributed by atoms with E-state index in [1.54, 1.807) is 13.0 Å². The van der Waals surface area contributed by atoms with Crippen LogP contribution in [0.15, 0.2) is 18.2 Å². The summed E-state index contributed by atoms with van der Waals surface area (Å²) in [6.07, 6.45) is 3.52. The molecule has 0 bridgehead atoms. The number of carbonyl (C=O) groups excluding carboxylic acids is 1. The van der Waals surface area contributed by atoms with Crippen molar-refractivity contribution in [3.63, 3.8) is 0 Å². The second-order valence-electron chi connectivity index (χ2n) is 6.13. The molecule has 3 nitrogen and oxygen atoms in total. The molecule has 1 aromatic carbocycles. The van der Waals surface area contributed by atoms with Gasteiger partial charge in [-0.2, -0.15) is 0 Å². The van der Waals surface area contributed by atoms with Crippen LogP contribution < -0.4 is 5.32 Å². The van der Waals surface area contributed by atoms with Crippen molar-refractivity contribution < 1.29 is 14.3 Å². The van der Waals surface area contributed by atoms with Gasteiger partial charge in [0, 0.05) is 12.1 Å². The molecular weight excluding hydrogens is 257 g/mol. The molecule has 1 fully saturated rings. The molecule has 1 aromatic rings. The Morgan fingerprint density at radius 3 is 2.90 bits per heavy atom. The molecular formula is C16H22FNO2. The van der Waals surface area contributed by atoms with Gasteiger partial charge in [0.1, 0.15) is 5.82 Å². The number of aryl methyl sites for hydroxylation is 1. The molecule has 0 aliphatic heterocycles. The third-order valence-corrected chi connectivity index (χ3v) is 3.95. The zero-order chi connectivity index (χ0) is 14.8. The minimum atomic E-state index is -0.824. The topological polar surface area (TPSA) is 49.3 Å². The first-order valence-corrected chi connectivity index (χ1v) is 7.16. The summed E-state index contributed by atoms with van der Waals surface area (Å²) in [6.45, 7) is 4.09. The fourth-order valence-corrected chi connectivity index (χ4v) is 3.01. The SMILES string of the molecule is Cc1cc(F)cc(C(=O)NCC2(O)CCCC(C)C2)c1. The average Bonchev–Trinajstić information content (AvgIpc) is 2.34. The highest BCUT2D eigenvalue weighted by molar-refractivity contribution is 5.94. The van der Waals surface area contributed by atoms with Crippen LogP contribution in [0.5, 0.6) is 0 Å². The number of amides is 1. The number of halogens is 1. The van der Waals surface area contributed by atoms with Crippen LogP contribution in [0.1, 0.15) is 48.5 Å². The molecule has 1 saturated carbocycles. The van der Waals surface area contributed by atoms with Gasteiger partial charge in [-0.15, -0.1) is 0 Å². The highest BCUT2D eigenvalue weighted by Crippen LogP contribution is 2.31. The fraction of sp³-hybridized carbons (Fsp3) is 0.562. The normalized spacial score (nSPS) is 26.3. The maximum atomic E-state index is 13.3. The molecule has 0 saturated heterocycles. The number of rotatable bonds is 3. The number of carbonyl (C=O) groups is 1. The molecule has 0 radical (unpaired) electrons. The van der Waals surface area contributed by atoms with Crippen molar-refractivity contribution in [3.8, 4) is 0 Å². The van der Waals surface area contributed by atoms with E-state index in [1.165, 1.54) is 12.1 Å². The highest BCUT2D eigenvalue weighted by Gasteiger charge is 2.32. The number of hydrogen-bond acceptors (Lipinski definition) is 2. The molecule has 0 spiro atoms. The van der Waals surface area contributed by atoms with Crippen molar-refractivity contribution in [2.75, 3.05) is 6.54 Å². The van der Waals surface area contributed by atoms with Gasteiger partial charge in [-0.3, -0.25) is 4.79 Å². The van der Waals surface area contributed by atoms with Gasteiger partial charge in [0.05, 0.1) is 5.60 Å². The van der Waals surface area contributed by atoms with E-state index >= 15 is 0 Å². The predicted molar refractivity (Wildman–Crippen MR) is 76.1 cm³/mol. The number of benzene rings is 1. The minimum Gasteiger partial charge on any atom is -0.388 e. The highest BCUT2D eigenvalue weighted by atomic mass is 19.1. The van der Waals surface area contributed by atoms with Gasteiger partial charge in [0.2, 0.25) is 0 Å². The standard InChI is InChI=1S/C16H22FNO2/c1-11-4-3-5-16(20,9-11)10-18-15(19)13-6-12(2)7-14(17)8-13/h6-8,11,20H,3-5,9-10H2,1-2H3,(H,18,19). The van der Waals surface area contributed by atoms with E-state index in [0.29, 0.717) is 29.9 Å². The van der Waals surface area contributed by atoms with Crippen LogP contribution >= 0.6 is 0 Å². The van der Waals surface area contributed by atoms with Crippen LogP contribution in [-0.2, 0) is 0 Å². The summed E-state index contributed by atoms with van der Waals surface area (Å²) in [5, 5.41) is 13.2. The molecule has 2 N–H and O–H groups in total. The van der Waals surface area contributed by atoms with Crippen molar-refractivity contribution in [2.24, 2.45) is 5.92 Å². The summed E-state index contributed by atoms with van der Waals surface area (Å²) in [6, 6.07) is 4.25. The maximum Gasteiger partial charge on any atom is 0.251 e. The first-order valence-electron chi connectivity index (χ1n) is 7.16. The summed E-state index contributed by atoms with van der Waals surface area (Å²) >= 11 is 0. The lowest BCUT2D eigenvalue weighted by Crippen LogP contribution is -2.45. The Labute approximate surface area is 119 Å². The monoisotopic (exact) mass is 279 g/mol. The Balaban J connectivity index is 1.98. The number of hydrogen-bond donors (Lipinski definition) is 2. The molecule has 2 atom stereocenters. The second kappa shape index (κ2) is 5.92. The van der Waals surface area contributed by atoms with Crippen molar-refractivity contribution >= 4 is 5.91 Å². The van der Waals surface area contributed by atoms with E-state index in [0.717, 1.165) is 12.8 Å². The molecule has 1 aliphatic rings. The maximum absolute atomic E-state index is 13.3. The molecule has 0 aromatic heterocycles. The van der Waals surface area contributed by atoms with Crippen LogP contribution in [0.3, 0.4) is 0 Å². The van der Waals surface area contributed by atoms with Gasteiger partial charge in [0.15, 0.2) is 0 Å². The number of aliphatic hydroxyl groups is 1. The lowest BCUT2D eigenvalue weighted by atomic mass is 9.79. The third-order valence-electron chi connectivity index (χ3n) is 3.95. The molecule has 2 unspecified atom stereocenters. The summed E-state index contributed by atoms with van der Waals surface area (Å²) in [7, 11) is 0. The lowest BCUT2D eigenvalue weighted by molar-refractivity contribution is -0.0109. The minimum absolute atomic E-state index is 0.228. The first kappa shape index (κ1) is 15.0. The van der Waals surface area contributed by atoms with Crippen LogP contribution in [0.4, 0.5) is 4.39 Å². The summed E-state index contributed by atoms with van der Waals surface area (Å²) < 4.78 is 13.3. The van der Waals surface area contributed by atoms with Gasteiger partial charge >= 0.3 is 0 Å². The Morgan fingerprint density at radius 1 is 1.50 bits per heavy atom. The van der Waals surface area contributed by atoms with E-state index in [2.05, 4.69) is 12.2 Å². The first-order chi connectivity index (χ1) is 9.38.